The molecule has 0 radical (unpaired) electrons. The fourth-order valence-corrected chi connectivity index (χ4v) is 2.02. The molecule has 0 saturated carbocycles. The van der Waals surface area contributed by atoms with Gasteiger partial charge in [-0.15, -0.1) is 0 Å². The fourth-order valence-electron chi connectivity index (χ4n) is 0.862. The third-order valence-corrected chi connectivity index (χ3v) is 3.30. The van der Waals surface area contributed by atoms with E-state index in [0.29, 0.717) is 0 Å². The van der Waals surface area contributed by atoms with Gasteiger partial charge in [-0.1, -0.05) is 0 Å². The molecule has 0 bridgehead atoms. The van der Waals surface area contributed by atoms with Gasteiger partial charge in [0.05, 0.1) is 11.9 Å². The topological polar surface area (TPSA) is 55.4 Å². The van der Waals surface area contributed by atoms with Crippen molar-refractivity contribution in [2.24, 2.45) is 0 Å². The molecule has 0 aliphatic heterocycles. The van der Waals surface area contributed by atoms with E-state index >= 15 is 0 Å². The molecule has 0 aliphatic rings. The zero-order chi connectivity index (χ0) is 12.8. The lowest BCUT2D eigenvalue weighted by molar-refractivity contribution is -0.134. The van der Waals surface area contributed by atoms with Crippen LogP contribution in [0.25, 0.3) is 0 Å². The Morgan fingerprint density at radius 3 is 2.38 bits per heavy atom. The number of hydrogen-bond acceptors (Lipinski definition) is 3. The highest BCUT2D eigenvalue weighted by Gasteiger charge is 2.27. The number of nitrogens with one attached hydrogen (secondary N) is 1. The second-order valence-electron chi connectivity index (χ2n) is 3.43. The lowest BCUT2D eigenvalue weighted by Gasteiger charge is -2.11. The van der Waals surface area contributed by atoms with E-state index in [-0.39, 0.29) is 12.6 Å². The minimum Gasteiger partial charge on any atom is -0.380 e. The Bertz CT molecular complexity index is 289. The number of sulfonamides is 1. The van der Waals surface area contributed by atoms with E-state index in [1.807, 2.05) is 0 Å². The summed E-state index contributed by atoms with van der Waals surface area (Å²) in [4.78, 5) is 0. The van der Waals surface area contributed by atoms with Crippen molar-refractivity contribution < 1.29 is 26.3 Å². The highest BCUT2D eigenvalue weighted by Crippen LogP contribution is 2.21. The van der Waals surface area contributed by atoms with E-state index in [2.05, 4.69) is 4.72 Å². The van der Waals surface area contributed by atoms with Crippen molar-refractivity contribution in [3.63, 3.8) is 0 Å². The van der Waals surface area contributed by atoms with Crippen molar-refractivity contribution in [1.29, 1.82) is 0 Å². The van der Waals surface area contributed by atoms with E-state index in [0.717, 1.165) is 0 Å². The summed E-state index contributed by atoms with van der Waals surface area (Å²) in [5.41, 5.74) is 0. The van der Waals surface area contributed by atoms with Gasteiger partial charge in [-0.2, -0.15) is 13.2 Å². The van der Waals surface area contributed by atoms with E-state index in [9.17, 15) is 21.6 Å². The normalized spacial score (nSPS) is 15.1. The molecule has 0 saturated heterocycles. The molecule has 0 aliphatic carbocycles. The summed E-state index contributed by atoms with van der Waals surface area (Å²) >= 11 is 0. The summed E-state index contributed by atoms with van der Waals surface area (Å²) in [5, 5.41) is 0. The van der Waals surface area contributed by atoms with Crippen molar-refractivity contribution in [3.05, 3.63) is 0 Å². The zero-order valence-corrected chi connectivity index (χ0v) is 9.99. The first-order valence-electron chi connectivity index (χ1n) is 4.73. The van der Waals surface area contributed by atoms with Gasteiger partial charge in [0.25, 0.3) is 0 Å². The van der Waals surface area contributed by atoms with Crippen LogP contribution < -0.4 is 4.72 Å². The van der Waals surface area contributed by atoms with Gasteiger partial charge in [-0.25, -0.2) is 13.1 Å². The number of halogens is 3. The maximum atomic E-state index is 11.8. The standard InChI is InChI=1S/C8H16F3NO3S/c1-7(15-2)6-12-16(13,14)5-3-4-8(9,10)11/h7,12H,3-6H2,1-2H3. The first-order chi connectivity index (χ1) is 7.16. The van der Waals surface area contributed by atoms with Gasteiger partial charge in [-0.05, 0) is 13.3 Å². The van der Waals surface area contributed by atoms with Gasteiger partial charge in [0, 0.05) is 20.1 Å². The Morgan fingerprint density at radius 1 is 1.38 bits per heavy atom. The van der Waals surface area contributed by atoms with Gasteiger partial charge in [-0.3, -0.25) is 0 Å². The van der Waals surface area contributed by atoms with Crippen LogP contribution in [-0.4, -0.2) is 40.1 Å². The van der Waals surface area contributed by atoms with Crippen LogP contribution in [0.2, 0.25) is 0 Å². The number of rotatable bonds is 7. The predicted molar refractivity (Wildman–Crippen MR) is 53.5 cm³/mol. The summed E-state index contributed by atoms with van der Waals surface area (Å²) in [5.74, 6) is -0.525. The molecule has 0 amide bonds. The van der Waals surface area contributed by atoms with E-state index in [1.165, 1.54) is 7.11 Å². The van der Waals surface area contributed by atoms with E-state index in [4.69, 9.17) is 4.74 Å². The second-order valence-corrected chi connectivity index (χ2v) is 5.36. The van der Waals surface area contributed by atoms with E-state index < -0.39 is 34.8 Å². The maximum absolute atomic E-state index is 11.8. The lowest BCUT2D eigenvalue weighted by atomic mass is 10.3. The smallest absolute Gasteiger partial charge is 0.380 e. The monoisotopic (exact) mass is 263 g/mol. The van der Waals surface area contributed by atoms with Crippen molar-refractivity contribution in [3.8, 4) is 0 Å². The lowest BCUT2D eigenvalue weighted by Crippen LogP contribution is -2.33. The third kappa shape index (κ3) is 8.93. The quantitative estimate of drug-likeness (QED) is 0.753. The molecule has 0 aromatic heterocycles. The molecule has 0 aromatic carbocycles. The highest BCUT2D eigenvalue weighted by molar-refractivity contribution is 7.89. The Labute approximate surface area is 93.2 Å². The molecule has 0 heterocycles. The van der Waals surface area contributed by atoms with Gasteiger partial charge >= 0.3 is 6.18 Å². The molecule has 16 heavy (non-hydrogen) atoms. The molecule has 0 rings (SSSR count). The van der Waals surface area contributed by atoms with Crippen molar-refractivity contribution in [1.82, 2.24) is 4.72 Å². The molecule has 1 atom stereocenters. The largest absolute Gasteiger partial charge is 0.389 e. The number of hydrogen-bond donors (Lipinski definition) is 1. The molecule has 4 nitrogen and oxygen atoms in total. The summed E-state index contributed by atoms with van der Waals surface area (Å²) in [7, 11) is -2.22. The summed E-state index contributed by atoms with van der Waals surface area (Å²) in [6, 6.07) is 0. The molecule has 0 fully saturated rings. The summed E-state index contributed by atoms with van der Waals surface area (Å²) in [6.07, 6.45) is -6.14. The first-order valence-corrected chi connectivity index (χ1v) is 6.38. The van der Waals surface area contributed by atoms with Crippen LogP contribution in [-0.2, 0) is 14.8 Å². The molecule has 8 heteroatoms. The number of ether oxygens (including phenoxy) is 1. The van der Waals surface area contributed by atoms with Crippen LogP contribution in [0.4, 0.5) is 13.2 Å². The molecular formula is C8H16F3NO3S. The van der Waals surface area contributed by atoms with Gasteiger partial charge < -0.3 is 4.74 Å². The van der Waals surface area contributed by atoms with Gasteiger partial charge in [0.2, 0.25) is 10.0 Å². The summed E-state index contributed by atoms with van der Waals surface area (Å²) < 4.78 is 64.7. The van der Waals surface area contributed by atoms with Gasteiger partial charge in [0.15, 0.2) is 0 Å². The van der Waals surface area contributed by atoms with Crippen LogP contribution >= 0.6 is 0 Å². The molecular weight excluding hydrogens is 247 g/mol. The average molecular weight is 263 g/mol. The fraction of sp³-hybridized carbons (Fsp3) is 1.00. The van der Waals surface area contributed by atoms with Crippen LogP contribution in [0, 0.1) is 0 Å². The Hall–Kier alpha value is -0.340. The van der Waals surface area contributed by atoms with Crippen molar-refractivity contribution in [2.75, 3.05) is 19.4 Å². The second kappa shape index (κ2) is 6.41. The van der Waals surface area contributed by atoms with Crippen molar-refractivity contribution >= 4 is 10.0 Å². The van der Waals surface area contributed by atoms with E-state index in [1.54, 1.807) is 6.92 Å². The average Bonchev–Trinajstić information content (AvgIpc) is 2.12. The Kier molecular flexibility index (Phi) is 6.27. The molecule has 1 N–H and O–H groups in total. The first kappa shape index (κ1) is 15.7. The molecule has 0 spiro atoms. The minimum absolute atomic E-state index is 0.0604. The number of methoxy groups -OCH3 is 1. The highest BCUT2D eigenvalue weighted by atomic mass is 32.2. The molecule has 1 unspecified atom stereocenters. The van der Waals surface area contributed by atoms with Crippen LogP contribution in [0.15, 0.2) is 0 Å². The minimum atomic E-state index is -4.31. The predicted octanol–water partition coefficient (Wildman–Crippen LogP) is 1.28. The number of alkyl halides is 3. The molecule has 98 valence electrons. The van der Waals surface area contributed by atoms with Crippen LogP contribution in [0.3, 0.4) is 0 Å². The molecule has 0 aromatic rings. The summed E-state index contributed by atoms with van der Waals surface area (Å²) in [6.45, 7) is 1.71. The third-order valence-electron chi connectivity index (χ3n) is 1.87. The Morgan fingerprint density at radius 2 is 1.94 bits per heavy atom. The maximum Gasteiger partial charge on any atom is 0.389 e. The Balaban J connectivity index is 3.89. The SMILES string of the molecule is COC(C)CNS(=O)(=O)CCCC(F)(F)F. The van der Waals surface area contributed by atoms with Crippen LogP contribution in [0.1, 0.15) is 19.8 Å². The van der Waals surface area contributed by atoms with Crippen LogP contribution in [0.5, 0.6) is 0 Å². The van der Waals surface area contributed by atoms with Gasteiger partial charge in [0.1, 0.15) is 0 Å². The zero-order valence-electron chi connectivity index (χ0n) is 9.17. The van der Waals surface area contributed by atoms with Crippen molar-refractivity contribution in [2.45, 2.75) is 32.0 Å².